The molecule has 2 atom stereocenters. The van der Waals surface area contributed by atoms with Crippen LogP contribution in [0.25, 0.3) is 10.9 Å². The van der Waals surface area contributed by atoms with E-state index in [0.717, 1.165) is 48.2 Å². The van der Waals surface area contributed by atoms with Crippen molar-refractivity contribution in [3.63, 3.8) is 0 Å². The number of benzene rings is 2. The summed E-state index contributed by atoms with van der Waals surface area (Å²) in [5.74, 6) is 0.148. The number of carbonyl (C=O) groups is 1. The summed E-state index contributed by atoms with van der Waals surface area (Å²) >= 11 is 0. The molecule has 3 heterocycles. The minimum atomic E-state index is -4.52. The van der Waals surface area contributed by atoms with Crippen LogP contribution in [0.1, 0.15) is 37.9 Å². The molecule has 5 rings (SSSR count). The highest BCUT2D eigenvalue weighted by Gasteiger charge is 2.45. The van der Waals surface area contributed by atoms with E-state index in [4.69, 9.17) is 4.74 Å². The molecule has 3 N–H and O–H groups in total. The average molecular weight is 572 g/mol. The molecule has 2 aromatic carbocycles. The van der Waals surface area contributed by atoms with Crippen molar-refractivity contribution in [2.75, 3.05) is 38.2 Å². The number of hydrogen-bond acceptors (Lipinski definition) is 6. The predicted molar refractivity (Wildman–Crippen MR) is 151 cm³/mol. The molecule has 11 heteroatoms. The molecule has 220 valence electrons. The second-order valence-corrected chi connectivity index (χ2v) is 11.6. The van der Waals surface area contributed by atoms with Crippen LogP contribution in [0.2, 0.25) is 0 Å². The zero-order chi connectivity index (χ0) is 29.4. The number of aromatic nitrogens is 1. The fourth-order valence-electron chi connectivity index (χ4n) is 5.62. The monoisotopic (exact) mass is 571 g/mol. The van der Waals surface area contributed by atoms with Crippen molar-refractivity contribution in [1.29, 1.82) is 0 Å². The van der Waals surface area contributed by atoms with Crippen molar-refractivity contribution in [2.24, 2.45) is 0 Å². The minimum absolute atomic E-state index is 0.111. The van der Waals surface area contributed by atoms with Crippen LogP contribution in [-0.4, -0.2) is 76.4 Å². The summed E-state index contributed by atoms with van der Waals surface area (Å²) in [7, 11) is 0. The Morgan fingerprint density at radius 2 is 1.90 bits per heavy atom. The number of alkyl halides is 3. The van der Waals surface area contributed by atoms with E-state index < -0.39 is 17.3 Å². The van der Waals surface area contributed by atoms with Crippen LogP contribution in [0.5, 0.6) is 5.75 Å². The number of likely N-dealkylation sites (tertiary alicyclic amines) is 2. The topological polar surface area (TPSA) is 90.0 Å². The lowest BCUT2D eigenvalue weighted by Gasteiger charge is -2.36. The number of ether oxygens (including phenoxy) is 1. The van der Waals surface area contributed by atoms with Gasteiger partial charge in [0.2, 0.25) is 0 Å². The second-order valence-electron chi connectivity index (χ2n) is 11.6. The number of fused-ring (bicyclic) bond motifs is 3. The zero-order valence-electron chi connectivity index (χ0n) is 23.5. The molecule has 0 radical (unpaired) electrons. The van der Waals surface area contributed by atoms with Crippen molar-refractivity contribution in [1.82, 2.24) is 20.1 Å². The van der Waals surface area contributed by atoms with E-state index in [0.29, 0.717) is 18.7 Å². The van der Waals surface area contributed by atoms with Crippen LogP contribution >= 0.6 is 0 Å². The summed E-state index contributed by atoms with van der Waals surface area (Å²) < 4.78 is 47.0. The van der Waals surface area contributed by atoms with Gasteiger partial charge in [0.15, 0.2) is 0 Å². The molecule has 2 aliphatic rings. The summed E-state index contributed by atoms with van der Waals surface area (Å²) in [6.07, 6.45) is -2.99. The first-order valence-electron chi connectivity index (χ1n) is 13.8. The molecule has 0 saturated carbocycles. The molecule has 2 fully saturated rings. The molecule has 2 unspecified atom stereocenters. The van der Waals surface area contributed by atoms with E-state index in [1.54, 1.807) is 19.9 Å². The third kappa shape index (κ3) is 6.68. The zero-order valence-corrected chi connectivity index (χ0v) is 23.5. The maximum absolute atomic E-state index is 13.7. The van der Waals surface area contributed by atoms with E-state index in [2.05, 4.69) is 20.5 Å². The molecular formula is C30H36F3N5O3. The maximum Gasteiger partial charge on any atom is 0.416 e. The van der Waals surface area contributed by atoms with Gasteiger partial charge in [0.05, 0.1) is 29.8 Å². The number of pyridine rings is 1. The highest BCUT2D eigenvalue weighted by molar-refractivity contribution is 5.93. The van der Waals surface area contributed by atoms with Crippen molar-refractivity contribution >= 4 is 28.3 Å². The van der Waals surface area contributed by atoms with Gasteiger partial charge in [-0.2, -0.15) is 13.2 Å². The van der Waals surface area contributed by atoms with Gasteiger partial charge >= 0.3 is 12.2 Å². The lowest BCUT2D eigenvalue weighted by atomic mass is 10.1. The van der Waals surface area contributed by atoms with Crippen molar-refractivity contribution < 1.29 is 27.8 Å². The second kappa shape index (κ2) is 11.4. The van der Waals surface area contributed by atoms with Crippen LogP contribution in [0, 0.1) is 6.92 Å². The lowest BCUT2D eigenvalue weighted by Crippen LogP contribution is -2.57. The number of rotatable bonds is 9. The molecule has 2 bridgehead atoms. The Bertz CT molecular complexity index is 1410. The SMILES string of the molecule is Cc1cc(Nc2cc(OCCCN3CC4CC3CN4C(=O)NC(C)(C)CO)cc(C(F)(F)F)c2)c2ccccc2n1. The molecule has 2 saturated heterocycles. The Morgan fingerprint density at radius 1 is 1.12 bits per heavy atom. The first kappa shape index (κ1) is 28.9. The molecule has 3 aromatic rings. The summed E-state index contributed by atoms with van der Waals surface area (Å²) in [6, 6.07) is 13.2. The van der Waals surface area contributed by atoms with E-state index in [-0.39, 0.29) is 42.8 Å². The third-order valence-electron chi connectivity index (χ3n) is 7.67. The fourth-order valence-corrected chi connectivity index (χ4v) is 5.62. The number of halogens is 3. The van der Waals surface area contributed by atoms with Crippen LogP contribution in [0.4, 0.5) is 29.3 Å². The molecule has 0 spiro atoms. The number of amides is 2. The smallest absolute Gasteiger partial charge is 0.416 e. The van der Waals surface area contributed by atoms with Gasteiger partial charge in [-0.05, 0) is 57.9 Å². The Morgan fingerprint density at radius 3 is 2.61 bits per heavy atom. The number of nitrogens with zero attached hydrogens (tertiary/aromatic N) is 3. The standard InChI is InChI=1S/C30H36F3N5O3/c1-19-11-27(25-7-4-5-8-26(25)34-19)35-21-12-20(30(31,32)33)13-24(14-21)41-10-6-9-37-16-23-15-22(37)17-38(23)28(40)36-29(2,3)18-39/h4-5,7-8,11-14,22-23,39H,6,9-10,15-18H2,1-3H3,(H,34,35)(H,36,40). The highest BCUT2D eigenvalue weighted by atomic mass is 19.4. The number of para-hydroxylation sites is 1. The fraction of sp³-hybridized carbons (Fsp3) is 0.467. The van der Waals surface area contributed by atoms with Gasteiger partial charge in [-0.25, -0.2) is 4.79 Å². The van der Waals surface area contributed by atoms with Crippen LogP contribution in [-0.2, 0) is 6.18 Å². The minimum Gasteiger partial charge on any atom is -0.493 e. The van der Waals surface area contributed by atoms with E-state index >= 15 is 0 Å². The molecule has 2 aliphatic heterocycles. The molecular weight excluding hydrogens is 535 g/mol. The number of urea groups is 1. The number of piperazine rings is 1. The number of carbonyl (C=O) groups excluding carboxylic acids is 1. The molecule has 8 nitrogen and oxygen atoms in total. The van der Waals surface area contributed by atoms with Gasteiger partial charge in [-0.15, -0.1) is 0 Å². The number of aryl methyl sites for hydroxylation is 1. The van der Waals surface area contributed by atoms with E-state index in [1.165, 1.54) is 0 Å². The van der Waals surface area contributed by atoms with Gasteiger partial charge in [0.25, 0.3) is 0 Å². The number of nitrogens with one attached hydrogen (secondary N) is 2. The number of anilines is 2. The summed E-state index contributed by atoms with van der Waals surface area (Å²) in [5.41, 5.74) is 0.997. The van der Waals surface area contributed by atoms with Crippen molar-refractivity contribution in [2.45, 2.75) is 57.4 Å². The Balaban J connectivity index is 1.19. The van der Waals surface area contributed by atoms with Gasteiger partial charge in [0.1, 0.15) is 5.75 Å². The van der Waals surface area contributed by atoms with Crippen LogP contribution < -0.4 is 15.4 Å². The summed E-state index contributed by atoms with van der Waals surface area (Å²) in [4.78, 5) is 21.3. The number of hydrogen-bond donors (Lipinski definition) is 3. The van der Waals surface area contributed by atoms with Crippen LogP contribution in [0.15, 0.2) is 48.5 Å². The molecule has 1 aromatic heterocycles. The Hall–Kier alpha value is -3.57. The number of aliphatic hydroxyl groups is 1. The number of aliphatic hydroxyl groups excluding tert-OH is 1. The third-order valence-corrected chi connectivity index (χ3v) is 7.67. The predicted octanol–water partition coefficient (Wildman–Crippen LogP) is 5.31. The first-order valence-corrected chi connectivity index (χ1v) is 13.8. The van der Waals surface area contributed by atoms with Gasteiger partial charge < -0.3 is 25.4 Å². The normalized spacial score (nSPS) is 19.1. The average Bonchev–Trinajstić information content (AvgIpc) is 3.51. The Labute approximate surface area is 237 Å². The largest absolute Gasteiger partial charge is 0.493 e. The van der Waals surface area contributed by atoms with E-state index in [9.17, 15) is 23.1 Å². The van der Waals surface area contributed by atoms with Gasteiger partial charge in [-0.3, -0.25) is 9.88 Å². The highest BCUT2D eigenvalue weighted by Crippen LogP contribution is 2.36. The molecule has 0 aliphatic carbocycles. The van der Waals surface area contributed by atoms with E-state index in [1.807, 2.05) is 42.2 Å². The quantitative estimate of drug-likeness (QED) is 0.302. The van der Waals surface area contributed by atoms with Gasteiger partial charge in [0, 0.05) is 60.2 Å². The summed E-state index contributed by atoms with van der Waals surface area (Å²) in [6.45, 7) is 7.60. The Kier molecular flexibility index (Phi) is 8.02. The van der Waals surface area contributed by atoms with Crippen molar-refractivity contribution in [3.05, 3.63) is 59.8 Å². The molecule has 41 heavy (non-hydrogen) atoms. The first-order chi connectivity index (χ1) is 19.4. The maximum atomic E-state index is 13.7. The van der Waals surface area contributed by atoms with Crippen molar-refractivity contribution in [3.8, 4) is 5.75 Å². The molecule has 2 amide bonds. The lowest BCUT2D eigenvalue weighted by molar-refractivity contribution is -0.137. The van der Waals surface area contributed by atoms with Gasteiger partial charge in [-0.1, -0.05) is 18.2 Å². The summed E-state index contributed by atoms with van der Waals surface area (Å²) in [5, 5.41) is 16.3. The van der Waals surface area contributed by atoms with Crippen LogP contribution in [0.3, 0.4) is 0 Å².